The summed E-state index contributed by atoms with van der Waals surface area (Å²) >= 11 is 0. The largest absolute Gasteiger partial charge is 0.462 e. The second-order valence-electron chi connectivity index (χ2n) is 4.68. The summed E-state index contributed by atoms with van der Waals surface area (Å²) in [5, 5.41) is 3.32. The fourth-order valence-corrected chi connectivity index (χ4v) is 1.56. The molecule has 0 spiro atoms. The van der Waals surface area contributed by atoms with Gasteiger partial charge in [-0.05, 0) is 19.1 Å². The highest BCUT2D eigenvalue weighted by Crippen LogP contribution is 2.27. The maximum absolute atomic E-state index is 5.69. The van der Waals surface area contributed by atoms with E-state index in [1.807, 2.05) is 19.1 Å². The number of halogens is 1. The van der Waals surface area contributed by atoms with Crippen LogP contribution >= 0.6 is 12.4 Å². The van der Waals surface area contributed by atoms with Crippen molar-refractivity contribution >= 4 is 12.4 Å². The van der Waals surface area contributed by atoms with Crippen LogP contribution in [0.4, 0.5) is 0 Å². The zero-order chi connectivity index (χ0) is 10.2. The number of rotatable bonds is 1. The van der Waals surface area contributed by atoms with E-state index in [1.54, 1.807) is 0 Å². The van der Waals surface area contributed by atoms with Crippen LogP contribution in [0.15, 0.2) is 16.5 Å². The molecule has 1 aromatic heterocycles. The molecule has 0 bridgehead atoms. The zero-order valence-electron chi connectivity index (χ0n) is 9.37. The van der Waals surface area contributed by atoms with E-state index < -0.39 is 0 Å². The Morgan fingerprint density at radius 2 is 2.13 bits per heavy atom. The summed E-state index contributed by atoms with van der Waals surface area (Å²) in [6.07, 6.45) is -0.0725. The first-order chi connectivity index (χ1) is 6.57. The van der Waals surface area contributed by atoms with E-state index in [1.165, 1.54) is 0 Å². The first kappa shape index (κ1) is 12.6. The Hall–Kier alpha value is -0.510. The Balaban J connectivity index is 0.00000112. The van der Waals surface area contributed by atoms with Crippen molar-refractivity contribution < 1.29 is 9.15 Å². The Labute approximate surface area is 96.6 Å². The van der Waals surface area contributed by atoms with E-state index in [-0.39, 0.29) is 24.0 Å². The van der Waals surface area contributed by atoms with Gasteiger partial charge in [0.25, 0.3) is 0 Å². The Kier molecular flexibility index (Phi) is 3.82. The maximum Gasteiger partial charge on any atom is 0.167 e. The van der Waals surface area contributed by atoms with Crippen molar-refractivity contribution in [1.29, 1.82) is 0 Å². The molecule has 1 unspecified atom stereocenters. The third-order valence-corrected chi connectivity index (χ3v) is 2.43. The fourth-order valence-electron chi connectivity index (χ4n) is 1.56. The Bertz CT molecular complexity index is 312. The number of aryl methyl sites for hydroxylation is 1. The predicted molar refractivity (Wildman–Crippen MR) is 61.2 cm³/mol. The average Bonchev–Trinajstić information content (AvgIpc) is 2.52. The molecule has 1 atom stereocenters. The molecule has 1 saturated heterocycles. The van der Waals surface area contributed by atoms with Gasteiger partial charge in [-0.1, -0.05) is 13.8 Å². The quantitative estimate of drug-likeness (QED) is 0.807. The van der Waals surface area contributed by atoms with Gasteiger partial charge in [-0.15, -0.1) is 12.4 Å². The molecule has 1 aliphatic rings. The first-order valence-electron chi connectivity index (χ1n) is 4.98. The van der Waals surface area contributed by atoms with Crippen LogP contribution in [0.1, 0.15) is 31.6 Å². The number of ether oxygens (including phenoxy) is 1. The highest BCUT2D eigenvalue weighted by Gasteiger charge is 2.29. The van der Waals surface area contributed by atoms with Crippen LogP contribution in [0.2, 0.25) is 0 Å². The molecular formula is C11H18ClNO2. The van der Waals surface area contributed by atoms with E-state index in [2.05, 4.69) is 19.2 Å². The van der Waals surface area contributed by atoms with Crippen molar-refractivity contribution in [3.63, 3.8) is 0 Å². The van der Waals surface area contributed by atoms with E-state index >= 15 is 0 Å². The third-order valence-electron chi connectivity index (χ3n) is 2.43. The topological polar surface area (TPSA) is 34.4 Å². The summed E-state index contributed by atoms with van der Waals surface area (Å²) in [5.41, 5.74) is 0.220. The minimum Gasteiger partial charge on any atom is -0.462 e. The molecule has 2 rings (SSSR count). The van der Waals surface area contributed by atoms with Gasteiger partial charge in [0.1, 0.15) is 11.5 Å². The van der Waals surface area contributed by atoms with Crippen molar-refractivity contribution in [2.45, 2.75) is 27.0 Å². The van der Waals surface area contributed by atoms with Gasteiger partial charge in [-0.25, -0.2) is 0 Å². The summed E-state index contributed by atoms with van der Waals surface area (Å²) in [7, 11) is 0. The van der Waals surface area contributed by atoms with Gasteiger partial charge < -0.3 is 9.15 Å². The second-order valence-corrected chi connectivity index (χ2v) is 4.68. The van der Waals surface area contributed by atoms with Crippen molar-refractivity contribution in [2.75, 3.05) is 13.2 Å². The summed E-state index contributed by atoms with van der Waals surface area (Å²) in [6.45, 7) is 8.03. The molecule has 1 aromatic rings. The number of furan rings is 1. The monoisotopic (exact) mass is 231 g/mol. The van der Waals surface area contributed by atoms with E-state index in [4.69, 9.17) is 9.15 Å². The van der Waals surface area contributed by atoms with Crippen LogP contribution in [-0.2, 0) is 4.74 Å². The standard InChI is InChI=1S/C11H17NO2.ClH/c1-8-4-5-9(14-8)10-12-6-11(2,3)7-13-10;/h4-5,10,12H,6-7H2,1-3H3;1H. The lowest BCUT2D eigenvalue weighted by atomic mass is 9.93. The smallest absolute Gasteiger partial charge is 0.167 e. The molecular weight excluding hydrogens is 214 g/mol. The highest BCUT2D eigenvalue weighted by molar-refractivity contribution is 5.85. The van der Waals surface area contributed by atoms with Gasteiger partial charge in [0.15, 0.2) is 6.23 Å². The molecule has 0 radical (unpaired) electrons. The SMILES string of the molecule is Cc1ccc(C2NCC(C)(C)CO2)o1.Cl. The van der Waals surface area contributed by atoms with E-state index in [0.29, 0.717) is 0 Å². The Morgan fingerprint density at radius 3 is 2.60 bits per heavy atom. The lowest BCUT2D eigenvalue weighted by Crippen LogP contribution is -2.42. The minimum atomic E-state index is -0.0725. The van der Waals surface area contributed by atoms with Gasteiger partial charge >= 0.3 is 0 Å². The second kappa shape index (κ2) is 4.56. The van der Waals surface area contributed by atoms with Gasteiger partial charge in [-0.2, -0.15) is 0 Å². The minimum absolute atomic E-state index is 0. The summed E-state index contributed by atoms with van der Waals surface area (Å²) in [4.78, 5) is 0. The van der Waals surface area contributed by atoms with Crippen molar-refractivity contribution in [2.24, 2.45) is 5.41 Å². The van der Waals surface area contributed by atoms with Crippen LogP contribution in [0, 0.1) is 12.3 Å². The fraction of sp³-hybridized carbons (Fsp3) is 0.636. The number of nitrogens with one attached hydrogen (secondary N) is 1. The summed E-state index contributed by atoms with van der Waals surface area (Å²) in [5.74, 6) is 1.80. The van der Waals surface area contributed by atoms with Crippen LogP contribution in [0.3, 0.4) is 0 Å². The van der Waals surface area contributed by atoms with Crippen molar-refractivity contribution in [3.05, 3.63) is 23.7 Å². The molecule has 86 valence electrons. The molecule has 0 saturated carbocycles. The zero-order valence-corrected chi connectivity index (χ0v) is 10.2. The van der Waals surface area contributed by atoms with Crippen LogP contribution in [0.5, 0.6) is 0 Å². The number of hydrogen-bond acceptors (Lipinski definition) is 3. The molecule has 3 nitrogen and oxygen atoms in total. The maximum atomic E-state index is 5.69. The lowest BCUT2D eigenvalue weighted by molar-refractivity contribution is -0.0689. The molecule has 2 heterocycles. The average molecular weight is 232 g/mol. The molecule has 1 fully saturated rings. The molecule has 15 heavy (non-hydrogen) atoms. The van der Waals surface area contributed by atoms with E-state index in [0.717, 1.165) is 24.7 Å². The first-order valence-corrected chi connectivity index (χ1v) is 4.98. The van der Waals surface area contributed by atoms with Gasteiger partial charge in [0.2, 0.25) is 0 Å². The lowest BCUT2D eigenvalue weighted by Gasteiger charge is -2.34. The van der Waals surface area contributed by atoms with Gasteiger partial charge in [0, 0.05) is 12.0 Å². The molecule has 0 aliphatic carbocycles. The van der Waals surface area contributed by atoms with Crippen LogP contribution < -0.4 is 5.32 Å². The summed E-state index contributed by atoms with van der Waals surface area (Å²) in [6, 6.07) is 3.92. The predicted octanol–water partition coefficient (Wildman–Crippen LogP) is 2.65. The molecule has 1 aliphatic heterocycles. The van der Waals surface area contributed by atoms with E-state index in [9.17, 15) is 0 Å². The van der Waals surface area contributed by atoms with Crippen LogP contribution in [-0.4, -0.2) is 13.2 Å². The highest BCUT2D eigenvalue weighted by atomic mass is 35.5. The Morgan fingerprint density at radius 1 is 1.40 bits per heavy atom. The van der Waals surface area contributed by atoms with Gasteiger partial charge in [0.05, 0.1) is 6.61 Å². The normalized spacial score (nSPS) is 24.6. The molecule has 1 N–H and O–H groups in total. The third kappa shape index (κ3) is 2.97. The molecule has 0 aromatic carbocycles. The van der Waals surface area contributed by atoms with Crippen molar-refractivity contribution in [1.82, 2.24) is 5.32 Å². The number of hydrogen-bond donors (Lipinski definition) is 1. The van der Waals surface area contributed by atoms with Crippen LogP contribution in [0.25, 0.3) is 0 Å². The molecule has 0 amide bonds. The van der Waals surface area contributed by atoms with Gasteiger partial charge in [-0.3, -0.25) is 5.32 Å². The van der Waals surface area contributed by atoms with Crippen molar-refractivity contribution in [3.8, 4) is 0 Å². The molecule has 4 heteroatoms. The summed E-state index contributed by atoms with van der Waals surface area (Å²) < 4.78 is 11.2.